The zero-order chi connectivity index (χ0) is 13.1. The first-order chi connectivity index (χ1) is 8.56. The number of nitrogens with two attached hydrogens (primary N) is 1. The first kappa shape index (κ1) is 12.9. The van der Waals surface area contributed by atoms with Gasteiger partial charge in [0.1, 0.15) is 0 Å². The summed E-state index contributed by atoms with van der Waals surface area (Å²) in [5.41, 5.74) is 6.54. The number of nitrogen functional groups attached to an aromatic ring is 1. The number of anilines is 1. The standard InChI is InChI=1S/C12H12ClN3OS/c1-7-15-5-9(18-7)6-16-12(17)10-4-8(13)2-3-11(10)14/h2-5H,6,14H2,1H3,(H,16,17). The number of nitrogens with zero attached hydrogens (tertiary/aromatic N) is 1. The Labute approximate surface area is 114 Å². The van der Waals surface area contributed by atoms with E-state index >= 15 is 0 Å². The topological polar surface area (TPSA) is 68.0 Å². The van der Waals surface area contributed by atoms with Crippen molar-refractivity contribution in [2.75, 3.05) is 5.73 Å². The normalized spacial score (nSPS) is 10.3. The van der Waals surface area contributed by atoms with E-state index in [4.69, 9.17) is 17.3 Å². The van der Waals surface area contributed by atoms with Crippen LogP contribution in [0.5, 0.6) is 0 Å². The van der Waals surface area contributed by atoms with Crippen molar-refractivity contribution in [1.29, 1.82) is 0 Å². The summed E-state index contributed by atoms with van der Waals surface area (Å²) < 4.78 is 0. The lowest BCUT2D eigenvalue weighted by molar-refractivity contribution is 0.0952. The maximum absolute atomic E-state index is 11.9. The molecule has 0 bridgehead atoms. The third-order valence-electron chi connectivity index (χ3n) is 2.35. The molecule has 0 spiro atoms. The van der Waals surface area contributed by atoms with Gasteiger partial charge in [0.15, 0.2) is 0 Å². The van der Waals surface area contributed by atoms with Crippen LogP contribution < -0.4 is 11.1 Å². The Balaban J connectivity index is 2.05. The van der Waals surface area contributed by atoms with E-state index in [0.29, 0.717) is 22.8 Å². The average Bonchev–Trinajstić information content (AvgIpc) is 2.75. The van der Waals surface area contributed by atoms with Gasteiger partial charge in [-0.2, -0.15) is 0 Å². The Morgan fingerprint density at radius 3 is 3.00 bits per heavy atom. The molecule has 1 amide bonds. The number of hydrogen-bond donors (Lipinski definition) is 2. The van der Waals surface area contributed by atoms with E-state index in [9.17, 15) is 4.79 Å². The highest BCUT2D eigenvalue weighted by molar-refractivity contribution is 7.11. The highest BCUT2D eigenvalue weighted by Crippen LogP contribution is 2.18. The molecule has 1 heterocycles. The van der Waals surface area contributed by atoms with Crippen molar-refractivity contribution in [2.24, 2.45) is 0 Å². The molecule has 0 saturated heterocycles. The Kier molecular flexibility index (Phi) is 3.84. The van der Waals surface area contributed by atoms with Gasteiger partial charge in [-0.3, -0.25) is 4.79 Å². The summed E-state index contributed by atoms with van der Waals surface area (Å²) in [6.07, 6.45) is 1.75. The van der Waals surface area contributed by atoms with Gasteiger partial charge in [-0.1, -0.05) is 11.6 Å². The van der Waals surface area contributed by atoms with Crippen LogP contribution in [0.2, 0.25) is 5.02 Å². The van der Waals surface area contributed by atoms with Gasteiger partial charge in [-0.05, 0) is 25.1 Å². The van der Waals surface area contributed by atoms with Gasteiger partial charge in [0.25, 0.3) is 5.91 Å². The van der Waals surface area contributed by atoms with Crippen LogP contribution in [0, 0.1) is 6.92 Å². The first-order valence-corrected chi connectivity index (χ1v) is 6.50. The number of rotatable bonds is 3. The fourth-order valence-corrected chi connectivity index (χ4v) is 2.38. The summed E-state index contributed by atoms with van der Waals surface area (Å²) in [5.74, 6) is -0.235. The van der Waals surface area contributed by atoms with Gasteiger partial charge < -0.3 is 11.1 Å². The number of carbonyl (C=O) groups excluding carboxylic acids is 1. The van der Waals surface area contributed by atoms with E-state index in [1.807, 2.05) is 6.92 Å². The SMILES string of the molecule is Cc1ncc(CNC(=O)c2cc(Cl)ccc2N)s1. The van der Waals surface area contributed by atoms with Crippen molar-refractivity contribution >= 4 is 34.5 Å². The number of carbonyl (C=O) groups is 1. The van der Waals surface area contributed by atoms with Crippen molar-refractivity contribution in [2.45, 2.75) is 13.5 Å². The molecule has 4 nitrogen and oxygen atoms in total. The summed E-state index contributed by atoms with van der Waals surface area (Å²) in [6.45, 7) is 2.36. The third-order valence-corrected chi connectivity index (χ3v) is 3.50. The third kappa shape index (κ3) is 3.00. The molecule has 94 valence electrons. The predicted octanol–water partition coefficient (Wildman–Crippen LogP) is 2.62. The molecule has 1 aromatic carbocycles. The van der Waals surface area contributed by atoms with Crippen LogP contribution in [-0.4, -0.2) is 10.9 Å². The number of nitrogens with one attached hydrogen (secondary N) is 1. The van der Waals surface area contributed by atoms with Crippen molar-refractivity contribution in [3.05, 3.63) is 44.9 Å². The van der Waals surface area contributed by atoms with Crippen LogP contribution in [0.15, 0.2) is 24.4 Å². The smallest absolute Gasteiger partial charge is 0.253 e. The quantitative estimate of drug-likeness (QED) is 0.850. The fraction of sp³-hybridized carbons (Fsp3) is 0.167. The Morgan fingerprint density at radius 1 is 1.56 bits per heavy atom. The minimum absolute atomic E-state index is 0.235. The Morgan fingerprint density at radius 2 is 2.33 bits per heavy atom. The van der Waals surface area contributed by atoms with Crippen LogP contribution in [0.3, 0.4) is 0 Å². The second kappa shape index (κ2) is 5.37. The average molecular weight is 282 g/mol. The lowest BCUT2D eigenvalue weighted by Gasteiger charge is -2.06. The number of hydrogen-bond acceptors (Lipinski definition) is 4. The number of aromatic nitrogens is 1. The zero-order valence-corrected chi connectivity index (χ0v) is 11.3. The molecule has 1 aromatic heterocycles. The number of halogens is 1. The minimum atomic E-state index is -0.235. The molecule has 0 aliphatic rings. The largest absolute Gasteiger partial charge is 0.398 e. The molecule has 0 aliphatic heterocycles. The maximum Gasteiger partial charge on any atom is 0.253 e. The van der Waals surface area contributed by atoms with E-state index in [-0.39, 0.29) is 5.91 Å². The van der Waals surface area contributed by atoms with Crippen LogP contribution in [-0.2, 0) is 6.54 Å². The van der Waals surface area contributed by atoms with Gasteiger partial charge >= 0.3 is 0 Å². The Hall–Kier alpha value is -1.59. The zero-order valence-electron chi connectivity index (χ0n) is 9.74. The van der Waals surface area contributed by atoms with Gasteiger partial charge in [0, 0.05) is 21.8 Å². The van der Waals surface area contributed by atoms with Gasteiger partial charge in [-0.15, -0.1) is 11.3 Å². The van der Waals surface area contributed by atoms with Crippen molar-refractivity contribution in [1.82, 2.24) is 10.3 Å². The van der Waals surface area contributed by atoms with Gasteiger partial charge in [-0.25, -0.2) is 4.98 Å². The lowest BCUT2D eigenvalue weighted by atomic mass is 10.1. The summed E-state index contributed by atoms with van der Waals surface area (Å²) in [7, 11) is 0. The van der Waals surface area contributed by atoms with E-state index in [1.54, 1.807) is 35.7 Å². The van der Waals surface area contributed by atoms with Crippen LogP contribution >= 0.6 is 22.9 Å². The number of thiazole rings is 1. The van der Waals surface area contributed by atoms with Crippen molar-refractivity contribution < 1.29 is 4.79 Å². The molecule has 6 heteroatoms. The van der Waals surface area contributed by atoms with E-state index in [1.165, 1.54) is 0 Å². The van der Waals surface area contributed by atoms with Gasteiger partial charge in [0.05, 0.1) is 17.1 Å². The molecule has 2 rings (SSSR count). The lowest BCUT2D eigenvalue weighted by Crippen LogP contribution is -2.23. The highest BCUT2D eigenvalue weighted by Gasteiger charge is 2.10. The predicted molar refractivity (Wildman–Crippen MR) is 73.9 cm³/mol. The second-order valence-electron chi connectivity index (χ2n) is 3.76. The van der Waals surface area contributed by atoms with Crippen LogP contribution in [0.1, 0.15) is 20.2 Å². The fourth-order valence-electron chi connectivity index (χ4n) is 1.47. The van der Waals surface area contributed by atoms with Crippen molar-refractivity contribution in [3.8, 4) is 0 Å². The van der Waals surface area contributed by atoms with Crippen LogP contribution in [0.25, 0.3) is 0 Å². The Bertz CT molecular complexity index is 582. The molecule has 0 radical (unpaired) electrons. The van der Waals surface area contributed by atoms with Gasteiger partial charge in [0.2, 0.25) is 0 Å². The second-order valence-corrected chi connectivity index (χ2v) is 5.52. The molecule has 0 unspecified atom stereocenters. The molecule has 3 N–H and O–H groups in total. The molecule has 0 aliphatic carbocycles. The highest BCUT2D eigenvalue weighted by atomic mass is 35.5. The minimum Gasteiger partial charge on any atom is -0.398 e. The van der Waals surface area contributed by atoms with E-state index in [2.05, 4.69) is 10.3 Å². The van der Waals surface area contributed by atoms with Crippen molar-refractivity contribution in [3.63, 3.8) is 0 Å². The monoisotopic (exact) mass is 281 g/mol. The number of amides is 1. The molecule has 0 saturated carbocycles. The van der Waals surface area contributed by atoms with Crippen LogP contribution in [0.4, 0.5) is 5.69 Å². The molecule has 0 atom stereocenters. The first-order valence-electron chi connectivity index (χ1n) is 5.31. The summed E-state index contributed by atoms with van der Waals surface area (Å²) >= 11 is 7.39. The molecular formula is C12H12ClN3OS. The summed E-state index contributed by atoms with van der Waals surface area (Å²) in [4.78, 5) is 17.1. The summed E-state index contributed by atoms with van der Waals surface area (Å²) in [5, 5.41) is 4.25. The molecule has 2 aromatic rings. The maximum atomic E-state index is 11.9. The molecule has 18 heavy (non-hydrogen) atoms. The number of benzene rings is 1. The molecular weight excluding hydrogens is 270 g/mol. The number of aryl methyl sites for hydroxylation is 1. The summed E-state index contributed by atoms with van der Waals surface area (Å²) in [6, 6.07) is 4.83. The van der Waals surface area contributed by atoms with E-state index in [0.717, 1.165) is 9.88 Å². The van der Waals surface area contributed by atoms with E-state index < -0.39 is 0 Å². The molecule has 0 fully saturated rings.